The van der Waals surface area contributed by atoms with Gasteiger partial charge in [0.1, 0.15) is 0 Å². The Morgan fingerprint density at radius 3 is 2.19 bits per heavy atom. The summed E-state index contributed by atoms with van der Waals surface area (Å²) in [5.41, 5.74) is 1.12. The second-order valence-electron chi connectivity index (χ2n) is 7.52. The van der Waals surface area contributed by atoms with E-state index in [1.165, 1.54) is 4.31 Å². The van der Waals surface area contributed by atoms with Crippen LogP contribution in [0.4, 0.5) is 0 Å². The first-order valence-electron chi connectivity index (χ1n) is 9.31. The molecule has 0 aliphatic carbocycles. The van der Waals surface area contributed by atoms with Crippen molar-refractivity contribution in [2.75, 3.05) is 32.7 Å². The molecule has 1 N–H and O–H groups in total. The minimum atomic E-state index is -3.71. The van der Waals surface area contributed by atoms with Crippen LogP contribution in [0.3, 0.4) is 0 Å². The molecular formula is C19H31N3O3S. The predicted octanol–water partition coefficient (Wildman–Crippen LogP) is 1.72. The highest BCUT2D eigenvalue weighted by Gasteiger charge is 2.30. The fourth-order valence-corrected chi connectivity index (χ4v) is 4.68. The summed E-state index contributed by atoms with van der Waals surface area (Å²) < 4.78 is 27.4. The van der Waals surface area contributed by atoms with Crippen LogP contribution in [0.15, 0.2) is 29.2 Å². The van der Waals surface area contributed by atoms with E-state index in [-0.39, 0.29) is 23.4 Å². The zero-order valence-corrected chi connectivity index (χ0v) is 17.1. The number of sulfonamides is 1. The third-order valence-corrected chi connectivity index (χ3v) is 6.55. The summed E-state index contributed by atoms with van der Waals surface area (Å²) in [4.78, 5) is 14.5. The molecule has 0 unspecified atom stereocenters. The normalized spacial score (nSPS) is 15.9. The van der Waals surface area contributed by atoms with Crippen molar-refractivity contribution in [2.24, 2.45) is 5.92 Å². The lowest BCUT2D eigenvalue weighted by molar-refractivity contribution is -0.132. The molecule has 7 heteroatoms. The van der Waals surface area contributed by atoms with Crippen molar-refractivity contribution >= 4 is 15.9 Å². The summed E-state index contributed by atoms with van der Waals surface area (Å²) in [7, 11) is -3.71. The molecule has 1 aromatic carbocycles. The van der Waals surface area contributed by atoms with Gasteiger partial charge in [0.25, 0.3) is 0 Å². The van der Waals surface area contributed by atoms with Gasteiger partial charge in [-0.2, -0.15) is 4.31 Å². The zero-order chi connectivity index (χ0) is 19.3. The van der Waals surface area contributed by atoms with E-state index in [0.29, 0.717) is 19.0 Å². The highest BCUT2D eigenvalue weighted by molar-refractivity contribution is 7.89. The van der Waals surface area contributed by atoms with Crippen molar-refractivity contribution in [3.63, 3.8) is 0 Å². The number of carbonyl (C=O) groups excluding carboxylic acids is 1. The van der Waals surface area contributed by atoms with Gasteiger partial charge in [0, 0.05) is 32.2 Å². The Bertz CT molecular complexity index is 693. The molecule has 1 aromatic rings. The Morgan fingerprint density at radius 1 is 1.12 bits per heavy atom. The van der Waals surface area contributed by atoms with Gasteiger partial charge in [0.15, 0.2) is 0 Å². The van der Waals surface area contributed by atoms with E-state index in [4.69, 9.17) is 0 Å². The lowest BCUT2D eigenvalue weighted by Crippen LogP contribution is -2.51. The topological polar surface area (TPSA) is 69.7 Å². The maximum absolute atomic E-state index is 13.1. The average Bonchev–Trinajstić information content (AvgIpc) is 2.59. The van der Waals surface area contributed by atoms with Crippen LogP contribution in [0.25, 0.3) is 0 Å². The van der Waals surface area contributed by atoms with Crippen LogP contribution in [-0.2, 0) is 21.2 Å². The third kappa shape index (κ3) is 5.28. The van der Waals surface area contributed by atoms with E-state index in [9.17, 15) is 13.2 Å². The molecule has 1 aliphatic heterocycles. The molecule has 1 amide bonds. The first-order chi connectivity index (χ1) is 12.2. The van der Waals surface area contributed by atoms with Crippen molar-refractivity contribution in [1.29, 1.82) is 0 Å². The molecule has 0 aromatic heterocycles. The van der Waals surface area contributed by atoms with E-state index in [1.54, 1.807) is 30.9 Å². The van der Waals surface area contributed by atoms with Gasteiger partial charge in [-0.1, -0.05) is 26.0 Å². The van der Waals surface area contributed by atoms with Crippen LogP contribution in [0, 0.1) is 5.92 Å². The molecule has 1 saturated heterocycles. The summed E-state index contributed by atoms with van der Waals surface area (Å²) in [6.45, 7) is 10.5. The fraction of sp³-hybridized carbons (Fsp3) is 0.632. The number of hydrogen-bond acceptors (Lipinski definition) is 4. The molecular weight excluding hydrogens is 350 g/mol. The molecule has 1 aliphatic rings. The molecule has 1 fully saturated rings. The van der Waals surface area contributed by atoms with Crippen LogP contribution < -0.4 is 5.32 Å². The van der Waals surface area contributed by atoms with Crippen LogP contribution in [0.5, 0.6) is 0 Å². The average molecular weight is 382 g/mol. The van der Waals surface area contributed by atoms with E-state index in [0.717, 1.165) is 25.1 Å². The zero-order valence-electron chi connectivity index (χ0n) is 16.2. The van der Waals surface area contributed by atoms with Crippen LogP contribution in [0.1, 0.15) is 33.3 Å². The Labute approximate surface area is 157 Å². The van der Waals surface area contributed by atoms with Gasteiger partial charge in [-0.15, -0.1) is 0 Å². The van der Waals surface area contributed by atoms with Gasteiger partial charge < -0.3 is 10.2 Å². The number of piperazine rings is 1. The van der Waals surface area contributed by atoms with Crippen LogP contribution in [0.2, 0.25) is 0 Å². The molecule has 6 nitrogen and oxygen atoms in total. The molecule has 0 saturated carbocycles. The molecule has 0 radical (unpaired) electrons. The molecule has 146 valence electrons. The van der Waals surface area contributed by atoms with E-state index in [1.807, 2.05) is 12.1 Å². The Kier molecular flexibility index (Phi) is 7.20. The van der Waals surface area contributed by atoms with Crippen molar-refractivity contribution in [3.05, 3.63) is 29.8 Å². The van der Waals surface area contributed by atoms with Crippen molar-refractivity contribution in [1.82, 2.24) is 14.5 Å². The predicted molar refractivity (Wildman–Crippen MR) is 103 cm³/mol. The maximum atomic E-state index is 13.1. The molecule has 26 heavy (non-hydrogen) atoms. The minimum absolute atomic E-state index is 0.117. The van der Waals surface area contributed by atoms with Gasteiger partial charge in [-0.3, -0.25) is 4.79 Å². The second kappa shape index (κ2) is 8.97. The first-order valence-corrected chi connectivity index (χ1v) is 10.7. The van der Waals surface area contributed by atoms with Crippen LogP contribution >= 0.6 is 0 Å². The number of nitrogens with zero attached hydrogens (tertiary/aromatic N) is 2. The Hall–Kier alpha value is -1.44. The number of rotatable bonds is 7. The van der Waals surface area contributed by atoms with Gasteiger partial charge >= 0.3 is 0 Å². The molecule has 2 rings (SSSR count). The van der Waals surface area contributed by atoms with E-state index in [2.05, 4.69) is 19.2 Å². The Morgan fingerprint density at radius 2 is 1.69 bits per heavy atom. The fourth-order valence-electron chi connectivity index (χ4n) is 3.10. The SMILES string of the molecule is CC(C)Cc1ccc(S(=O)(=O)N(CC(=O)N2CCNCC2)C(C)C)cc1. The van der Waals surface area contributed by atoms with Gasteiger partial charge in [-0.25, -0.2) is 8.42 Å². The number of hydrogen-bond donors (Lipinski definition) is 1. The maximum Gasteiger partial charge on any atom is 0.243 e. The summed E-state index contributed by atoms with van der Waals surface area (Å²) in [5, 5.41) is 3.19. The summed E-state index contributed by atoms with van der Waals surface area (Å²) in [6.07, 6.45) is 0.912. The molecule has 0 atom stereocenters. The van der Waals surface area contributed by atoms with Crippen LogP contribution in [-0.4, -0.2) is 62.3 Å². The number of nitrogens with one attached hydrogen (secondary N) is 1. The minimum Gasteiger partial charge on any atom is -0.339 e. The number of amides is 1. The van der Waals surface area contributed by atoms with Gasteiger partial charge in [-0.05, 0) is 43.9 Å². The Balaban J connectivity index is 2.17. The summed E-state index contributed by atoms with van der Waals surface area (Å²) in [5.74, 6) is 0.376. The standard InChI is InChI=1S/C19H31N3O3S/c1-15(2)13-17-5-7-18(8-6-17)26(24,25)22(16(3)4)14-19(23)21-11-9-20-10-12-21/h5-8,15-16,20H,9-14H2,1-4H3. The monoisotopic (exact) mass is 381 g/mol. The lowest BCUT2D eigenvalue weighted by Gasteiger charge is -2.31. The molecule has 1 heterocycles. The van der Waals surface area contributed by atoms with Crippen molar-refractivity contribution in [2.45, 2.75) is 45.1 Å². The smallest absolute Gasteiger partial charge is 0.243 e. The van der Waals surface area contributed by atoms with Crippen molar-refractivity contribution in [3.8, 4) is 0 Å². The quantitative estimate of drug-likeness (QED) is 0.781. The third-order valence-electron chi connectivity index (χ3n) is 4.51. The highest BCUT2D eigenvalue weighted by Crippen LogP contribution is 2.20. The number of benzene rings is 1. The largest absolute Gasteiger partial charge is 0.339 e. The van der Waals surface area contributed by atoms with Gasteiger partial charge in [0.05, 0.1) is 11.4 Å². The van der Waals surface area contributed by atoms with E-state index < -0.39 is 10.0 Å². The van der Waals surface area contributed by atoms with Gasteiger partial charge in [0.2, 0.25) is 15.9 Å². The number of carbonyl (C=O) groups is 1. The van der Waals surface area contributed by atoms with E-state index >= 15 is 0 Å². The first kappa shape index (κ1) is 20.9. The summed E-state index contributed by atoms with van der Waals surface area (Å²) >= 11 is 0. The molecule has 0 spiro atoms. The lowest BCUT2D eigenvalue weighted by atomic mass is 10.0. The second-order valence-corrected chi connectivity index (χ2v) is 9.41. The summed E-state index contributed by atoms with van der Waals surface area (Å²) in [6, 6.07) is 6.74. The highest BCUT2D eigenvalue weighted by atomic mass is 32.2. The van der Waals surface area contributed by atoms with Crippen molar-refractivity contribution < 1.29 is 13.2 Å². The molecule has 0 bridgehead atoms.